The van der Waals surface area contributed by atoms with Crippen molar-refractivity contribution in [2.24, 2.45) is 10.2 Å². The molecule has 0 N–H and O–H groups in total. The number of hydrogen-bond acceptors (Lipinski definition) is 7. The van der Waals surface area contributed by atoms with E-state index in [0.717, 1.165) is 12.1 Å². The van der Waals surface area contributed by atoms with Crippen LogP contribution in [0.4, 0.5) is 13.2 Å². The van der Waals surface area contributed by atoms with Crippen molar-refractivity contribution in [1.29, 1.82) is 0 Å². The summed E-state index contributed by atoms with van der Waals surface area (Å²) in [4.78, 5) is 5.08. The monoisotopic (exact) mass is 495 g/mol. The molecule has 31 heavy (non-hydrogen) atoms. The van der Waals surface area contributed by atoms with Crippen molar-refractivity contribution in [3.8, 4) is 5.75 Å². The van der Waals surface area contributed by atoms with Crippen LogP contribution in [0.2, 0.25) is 5.02 Å². The molecule has 0 aliphatic carbocycles. The fourth-order valence-corrected chi connectivity index (χ4v) is 3.17. The van der Waals surface area contributed by atoms with E-state index in [9.17, 15) is 21.6 Å². The first kappa shape index (κ1) is 25.0. The van der Waals surface area contributed by atoms with Crippen molar-refractivity contribution in [3.63, 3.8) is 0 Å². The van der Waals surface area contributed by atoms with Gasteiger partial charge in [0.1, 0.15) is 11.5 Å². The number of hydrogen-bond donors (Lipinski definition) is 0. The molecule has 2 aromatic carbocycles. The van der Waals surface area contributed by atoms with Crippen LogP contribution in [-0.2, 0) is 15.0 Å². The Hall–Kier alpha value is -2.28. The number of hydroxylamine groups is 2. The molecule has 13 heteroatoms. The molecular formula is C18H17ClF3N3O4S2. The van der Waals surface area contributed by atoms with Gasteiger partial charge in [-0.2, -0.15) is 21.6 Å². The Kier molecular flexibility index (Phi) is 8.34. The molecule has 0 aliphatic rings. The molecule has 2 rings (SSSR count). The number of thioether (sulfide) groups is 1. The predicted octanol–water partition coefficient (Wildman–Crippen LogP) is 4.53. The van der Waals surface area contributed by atoms with Crippen molar-refractivity contribution >= 4 is 44.4 Å². The first-order chi connectivity index (χ1) is 14.5. The molecule has 0 spiro atoms. The van der Waals surface area contributed by atoms with Crippen LogP contribution in [0.25, 0.3) is 0 Å². The summed E-state index contributed by atoms with van der Waals surface area (Å²) < 4.78 is 64.0. The fraction of sp³-hybridized carbons (Fsp3) is 0.222. The minimum absolute atomic E-state index is 0.359. The molecule has 0 bridgehead atoms. The predicted molar refractivity (Wildman–Crippen MR) is 115 cm³/mol. The van der Waals surface area contributed by atoms with E-state index in [-0.39, 0.29) is 0 Å². The van der Waals surface area contributed by atoms with Gasteiger partial charge in [0.15, 0.2) is 0 Å². The second kappa shape index (κ2) is 10.4. The summed E-state index contributed by atoms with van der Waals surface area (Å²) in [6.45, 7) is 0. The third-order valence-corrected chi connectivity index (χ3v) is 5.63. The molecule has 0 saturated carbocycles. The summed E-state index contributed by atoms with van der Waals surface area (Å²) in [5.41, 5.74) is -4.11. The van der Waals surface area contributed by atoms with Gasteiger partial charge in [0.25, 0.3) is 0 Å². The summed E-state index contributed by atoms with van der Waals surface area (Å²) >= 11 is 7.21. The first-order valence-electron chi connectivity index (χ1n) is 8.33. The molecule has 2 aromatic rings. The van der Waals surface area contributed by atoms with Crippen LogP contribution in [0.5, 0.6) is 5.75 Å². The number of alkyl halides is 3. The molecule has 168 valence electrons. The maximum absolute atomic E-state index is 12.5. The van der Waals surface area contributed by atoms with E-state index >= 15 is 0 Å². The van der Waals surface area contributed by atoms with E-state index in [1.807, 2.05) is 0 Å². The minimum Gasteiger partial charge on any atom is -0.376 e. The highest BCUT2D eigenvalue weighted by atomic mass is 35.5. The van der Waals surface area contributed by atoms with Gasteiger partial charge in [0.2, 0.25) is 5.17 Å². The molecule has 0 radical (unpaired) electrons. The Balaban J connectivity index is 2.46. The van der Waals surface area contributed by atoms with Gasteiger partial charge in [0.05, 0.1) is 7.11 Å². The highest BCUT2D eigenvalue weighted by Gasteiger charge is 2.48. The zero-order valence-corrected chi connectivity index (χ0v) is 18.8. The van der Waals surface area contributed by atoms with Gasteiger partial charge in [0, 0.05) is 23.2 Å². The topological polar surface area (TPSA) is 80.6 Å². The summed E-state index contributed by atoms with van der Waals surface area (Å²) in [7, 11) is -2.67. The SMILES string of the molecule is CON(C)C(=NN=C(c1ccc(Cl)cc1)c1ccc(OS(=O)(=O)C(F)(F)F)cc1)SC. The largest absolute Gasteiger partial charge is 0.534 e. The average Bonchev–Trinajstić information content (AvgIpc) is 2.71. The minimum atomic E-state index is -5.77. The Morgan fingerprint density at radius 3 is 2.00 bits per heavy atom. The smallest absolute Gasteiger partial charge is 0.376 e. The van der Waals surface area contributed by atoms with E-state index < -0.39 is 21.4 Å². The van der Waals surface area contributed by atoms with Gasteiger partial charge in [-0.3, -0.25) is 4.84 Å². The molecule has 7 nitrogen and oxygen atoms in total. The second-order valence-electron chi connectivity index (χ2n) is 5.73. The maximum Gasteiger partial charge on any atom is 0.534 e. The third-order valence-electron chi connectivity index (χ3n) is 3.70. The number of nitrogens with zero attached hydrogens (tertiary/aromatic N) is 3. The van der Waals surface area contributed by atoms with E-state index in [2.05, 4.69) is 14.4 Å². The lowest BCUT2D eigenvalue weighted by Crippen LogP contribution is -2.28. The maximum atomic E-state index is 12.5. The van der Waals surface area contributed by atoms with Crippen LogP contribution in [0.1, 0.15) is 11.1 Å². The van der Waals surface area contributed by atoms with Gasteiger partial charge >= 0.3 is 15.6 Å². The van der Waals surface area contributed by atoms with Crippen molar-refractivity contribution in [1.82, 2.24) is 5.06 Å². The molecule has 0 aromatic heterocycles. The molecule has 0 atom stereocenters. The van der Waals surface area contributed by atoms with Crippen LogP contribution < -0.4 is 4.18 Å². The fourth-order valence-electron chi connectivity index (χ4n) is 2.14. The van der Waals surface area contributed by atoms with Gasteiger partial charge in [-0.05, 0) is 42.7 Å². The lowest BCUT2D eigenvalue weighted by molar-refractivity contribution is -0.0500. The third kappa shape index (κ3) is 6.60. The molecule has 0 unspecified atom stereocenters. The molecule has 0 heterocycles. The normalized spacial score (nSPS) is 13.3. The van der Waals surface area contributed by atoms with Crippen LogP contribution in [0.15, 0.2) is 58.7 Å². The van der Waals surface area contributed by atoms with E-state index in [4.69, 9.17) is 16.4 Å². The Morgan fingerprint density at radius 1 is 1.03 bits per heavy atom. The number of rotatable bonds is 6. The standard InChI is InChI=1S/C18H17ClF3N3O4S2/c1-25(28-2)17(30-3)24-23-16(12-4-8-14(19)9-5-12)13-6-10-15(11-7-13)29-31(26,27)18(20,21)22/h4-11H,1-3H3. The van der Waals surface area contributed by atoms with Gasteiger partial charge < -0.3 is 4.18 Å². The lowest BCUT2D eigenvalue weighted by Gasteiger charge is -2.15. The quantitative estimate of drug-likeness (QED) is 0.192. The molecular weight excluding hydrogens is 479 g/mol. The van der Waals surface area contributed by atoms with Crippen molar-refractivity contribution in [2.45, 2.75) is 5.51 Å². The summed E-state index contributed by atoms with van der Waals surface area (Å²) in [5, 5.41) is 10.7. The zero-order chi connectivity index (χ0) is 23.2. The molecule has 0 aliphatic heterocycles. The number of amidine groups is 1. The summed E-state index contributed by atoms with van der Waals surface area (Å²) in [6.07, 6.45) is 1.78. The highest BCUT2D eigenvalue weighted by Crippen LogP contribution is 2.27. The van der Waals surface area contributed by atoms with Gasteiger partial charge in [-0.25, -0.2) is 5.06 Å². The molecule has 0 fully saturated rings. The Morgan fingerprint density at radius 2 is 1.55 bits per heavy atom. The van der Waals surface area contributed by atoms with Crippen LogP contribution in [0, 0.1) is 0 Å². The molecule has 0 saturated heterocycles. The second-order valence-corrected chi connectivity index (χ2v) is 8.48. The number of halogens is 4. The van der Waals surface area contributed by atoms with Crippen LogP contribution in [-0.4, -0.2) is 50.3 Å². The Labute approximate surface area is 186 Å². The van der Waals surface area contributed by atoms with Crippen LogP contribution in [0.3, 0.4) is 0 Å². The van der Waals surface area contributed by atoms with Crippen molar-refractivity contribution in [2.75, 3.05) is 20.4 Å². The first-order valence-corrected chi connectivity index (χ1v) is 11.3. The van der Waals surface area contributed by atoms with Crippen molar-refractivity contribution in [3.05, 3.63) is 64.7 Å². The van der Waals surface area contributed by atoms with Gasteiger partial charge in [-0.1, -0.05) is 35.5 Å². The summed E-state index contributed by atoms with van der Waals surface area (Å²) in [6, 6.07) is 11.6. The number of benzene rings is 2. The van der Waals surface area contributed by atoms with Crippen LogP contribution >= 0.6 is 23.4 Å². The van der Waals surface area contributed by atoms with Crippen molar-refractivity contribution < 1.29 is 30.6 Å². The van der Waals surface area contributed by atoms with E-state index in [1.165, 1.54) is 36.1 Å². The van der Waals surface area contributed by atoms with E-state index in [1.54, 1.807) is 37.6 Å². The Bertz CT molecular complexity index is 1060. The van der Waals surface area contributed by atoms with E-state index in [0.29, 0.717) is 27.0 Å². The lowest BCUT2D eigenvalue weighted by atomic mass is 10.0. The highest BCUT2D eigenvalue weighted by molar-refractivity contribution is 8.13. The zero-order valence-electron chi connectivity index (χ0n) is 16.4. The summed E-state index contributed by atoms with van der Waals surface area (Å²) in [5.74, 6) is -0.496. The average molecular weight is 496 g/mol. The molecule has 0 amide bonds. The van der Waals surface area contributed by atoms with Gasteiger partial charge in [-0.15, -0.1) is 10.2 Å².